The maximum Gasteiger partial charge on any atom is 0.350 e. The molecule has 1 aromatic carbocycles. The van der Waals surface area contributed by atoms with Gasteiger partial charge in [-0.25, -0.2) is 9.18 Å². The van der Waals surface area contributed by atoms with Gasteiger partial charge in [-0.2, -0.15) is 13.6 Å². The second kappa shape index (κ2) is 5.92. The number of hydrogen-bond acceptors (Lipinski definition) is 5. The first-order valence-electron chi connectivity index (χ1n) is 8.39. The van der Waals surface area contributed by atoms with Gasteiger partial charge in [0.2, 0.25) is 0 Å². The highest BCUT2D eigenvalue weighted by Crippen LogP contribution is 2.35. The van der Waals surface area contributed by atoms with Crippen molar-refractivity contribution in [3.05, 3.63) is 38.8 Å². The molecule has 2 aliphatic rings. The zero-order chi connectivity index (χ0) is 18.6. The molecule has 10 heteroatoms. The maximum absolute atomic E-state index is 14.5. The fourth-order valence-electron chi connectivity index (χ4n) is 2.78. The van der Waals surface area contributed by atoms with Gasteiger partial charge in [0.05, 0.1) is 10.9 Å². The number of nitrogen functional groups attached to an aromatic ring is 1. The van der Waals surface area contributed by atoms with Gasteiger partial charge >= 0.3 is 5.69 Å². The molecule has 0 amide bonds. The van der Waals surface area contributed by atoms with Crippen LogP contribution >= 0.6 is 0 Å². The SMILES string of the molecule is CC1(NS(=O)Oc2cc3c(=O)n(N)c(=O)n(CC4CC4)c3cc2F)CC1. The van der Waals surface area contributed by atoms with E-state index in [4.69, 9.17) is 10.0 Å². The van der Waals surface area contributed by atoms with Crippen LogP contribution in [0.4, 0.5) is 4.39 Å². The smallest absolute Gasteiger partial charge is 0.350 e. The summed E-state index contributed by atoms with van der Waals surface area (Å²) < 4.78 is 36.2. The summed E-state index contributed by atoms with van der Waals surface area (Å²) in [6.45, 7) is 2.26. The normalized spacial score (nSPS) is 19.5. The first kappa shape index (κ1) is 17.2. The second-order valence-corrected chi connectivity index (χ2v) is 8.13. The van der Waals surface area contributed by atoms with Gasteiger partial charge in [-0.3, -0.25) is 9.36 Å². The van der Waals surface area contributed by atoms with Crippen LogP contribution in [0.5, 0.6) is 5.75 Å². The molecule has 140 valence electrons. The molecular weight excluding hydrogens is 363 g/mol. The predicted molar refractivity (Wildman–Crippen MR) is 94.8 cm³/mol. The molecule has 1 heterocycles. The minimum atomic E-state index is -1.95. The second-order valence-electron chi connectivity index (χ2n) is 7.29. The highest BCUT2D eigenvalue weighted by atomic mass is 32.2. The number of nitrogens with two attached hydrogens (primary N) is 1. The van der Waals surface area contributed by atoms with E-state index in [-0.39, 0.29) is 22.2 Å². The number of benzene rings is 1. The zero-order valence-electron chi connectivity index (χ0n) is 14.2. The number of rotatable bonds is 6. The van der Waals surface area contributed by atoms with Crippen molar-refractivity contribution in [3.8, 4) is 5.75 Å². The van der Waals surface area contributed by atoms with E-state index in [1.165, 1.54) is 4.57 Å². The molecule has 0 spiro atoms. The van der Waals surface area contributed by atoms with E-state index in [0.717, 1.165) is 37.8 Å². The van der Waals surface area contributed by atoms with Gasteiger partial charge in [-0.15, -0.1) is 0 Å². The lowest BCUT2D eigenvalue weighted by Crippen LogP contribution is -2.45. The van der Waals surface area contributed by atoms with Crippen LogP contribution in [0.1, 0.15) is 32.6 Å². The summed E-state index contributed by atoms with van der Waals surface area (Å²) in [7, 11) is 0. The number of nitrogens with one attached hydrogen (secondary N) is 1. The van der Waals surface area contributed by atoms with Crippen LogP contribution < -0.4 is 26.0 Å². The number of nitrogens with zero attached hydrogens (tertiary/aromatic N) is 2. The molecule has 8 nitrogen and oxygen atoms in total. The third-order valence-electron chi connectivity index (χ3n) is 4.86. The topological polar surface area (TPSA) is 108 Å². The van der Waals surface area contributed by atoms with E-state index >= 15 is 0 Å². The summed E-state index contributed by atoms with van der Waals surface area (Å²) in [6, 6.07) is 2.21. The van der Waals surface area contributed by atoms with Crippen molar-refractivity contribution in [2.45, 2.75) is 44.7 Å². The Morgan fingerprint density at radius 3 is 2.69 bits per heavy atom. The molecule has 1 unspecified atom stereocenters. The van der Waals surface area contributed by atoms with E-state index in [0.29, 0.717) is 17.1 Å². The molecule has 2 aliphatic carbocycles. The molecule has 0 saturated heterocycles. The van der Waals surface area contributed by atoms with E-state index < -0.39 is 28.3 Å². The van der Waals surface area contributed by atoms with E-state index in [9.17, 15) is 18.2 Å². The largest absolute Gasteiger partial charge is 0.386 e. The first-order chi connectivity index (χ1) is 12.3. The van der Waals surface area contributed by atoms with Gasteiger partial charge < -0.3 is 10.0 Å². The Morgan fingerprint density at radius 2 is 2.08 bits per heavy atom. The summed E-state index contributed by atoms with van der Waals surface area (Å²) in [4.78, 5) is 24.6. The lowest BCUT2D eigenvalue weighted by molar-refractivity contribution is 0.492. The van der Waals surface area contributed by atoms with Crippen molar-refractivity contribution >= 4 is 22.2 Å². The van der Waals surface area contributed by atoms with Crippen molar-refractivity contribution in [2.24, 2.45) is 5.92 Å². The molecule has 0 aliphatic heterocycles. The van der Waals surface area contributed by atoms with Gasteiger partial charge in [0.1, 0.15) is 0 Å². The summed E-state index contributed by atoms with van der Waals surface area (Å²) in [5.41, 5.74) is -1.55. The van der Waals surface area contributed by atoms with Crippen LogP contribution in [0.25, 0.3) is 10.9 Å². The standard InChI is InChI=1S/C16H19FN4O4S/c1-16(4-5-16)19-26(24)25-13-6-10-12(7-11(13)17)20(8-9-2-3-9)15(23)21(18)14(10)22/h6-7,9,19H,2-5,8,18H2,1H3. The molecule has 0 radical (unpaired) electrons. The minimum absolute atomic E-state index is 0.0405. The Balaban J connectivity index is 1.76. The molecule has 4 rings (SSSR count). The zero-order valence-corrected chi connectivity index (χ0v) is 15.0. The van der Waals surface area contributed by atoms with Crippen LogP contribution in [0, 0.1) is 11.7 Å². The van der Waals surface area contributed by atoms with Gasteiger partial charge in [0.15, 0.2) is 11.6 Å². The van der Waals surface area contributed by atoms with E-state index in [2.05, 4.69) is 4.72 Å². The molecule has 2 aromatic rings. The summed E-state index contributed by atoms with van der Waals surface area (Å²) in [6.07, 6.45) is 3.66. The van der Waals surface area contributed by atoms with Crippen LogP contribution in [-0.4, -0.2) is 19.0 Å². The van der Waals surface area contributed by atoms with Gasteiger partial charge in [-0.05, 0) is 44.6 Å². The summed E-state index contributed by atoms with van der Waals surface area (Å²) >= 11 is -1.95. The van der Waals surface area contributed by atoms with Gasteiger partial charge in [0.25, 0.3) is 16.8 Å². The molecule has 0 bridgehead atoms. The van der Waals surface area contributed by atoms with Gasteiger partial charge in [0, 0.05) is 18.2 Å². The Hall–Kier alpha value is -2.20. The van der Waals surface area contributed by atoms with Crippen LogP contribution in [-0.2, 0) is 17.8 Å². The number of fused-ring (bicyclic) bond motifs is 1. The highest BCUT2D eigenvalue weighted by Gasteiger charge is 2.39. The third-order valence-corrected chi connectivity index (χ3v) is 5.85. The first-order valence-corrected chi connectivity index (χ1v) is 9.47. The Labute approximate surface area is 150 Å². The van der Waals surface area contributed by atoms with Crippen LogP contribution in [0.2, 0.25) is 0 Å². The molecule has 2 fully saturated rings. The Morgan fingerprint density at radius 1 is 1.38 bits per heavy atom. The molecule has 2 saturated carbocycles. The number of hydrogen-bond donors (Lipinski definition) is 2. The molecule has 1 aromatic heterocycles. The average Bonchev–Trinajstić information content (AvgIpc) is 3.50. The van der Waals surface area contributed by atoms with E-state index in [1.54, 1.807) is 0 Å². The minimum Gasteiger partial charge on any atom is -0.386 e. The molecule has 1 atom stereocenters. The van der Waals surface area contributed by atoms with Crippen LogP contribution in [0.3, 0.4) is 0 Å². The van der Waals surface area contributed by atoms with Crippen molar-refractivity contribution in [1.29, 1.82) is 0 Å². The van der Waals surface area contributed by atoms with Crippen molar-refractivity contribution in [1.82, 2.24) is 14.0 Å². The average molecular weight is 382 g/mol. The summed E-state index contributed by atoms with van der Waals surface area (Å²) in [5.74, 6) is 4.78. The fraction of sp³-hybridized carbons (Fsp3) is 0.500. The van der Waals surface area contributed by atoms with Crippen molar-refractivity contribution < 1.29 is 12.8 Å². The predicted octanol–water partition coefficient (Wildman–Crippen LogP) is 0.526. The monoisotopic (exact) mass is 382 g/mol. The number of aromatic nitrogens is 2. The van der Waals surface area contributed by atoms with Crippen LogP contribution in [0.15, 0.2) is 21.7 Å². The Bertz CT molecular complexity index is 1040. The van der Waals surface area contributed by atoms with E-state index in [1.807, 2.05) is 6.92 Å². The number of halogens is 1. The Kier molecular flexibility index (Phi) is 3.92. The van der Waals surface area contributed by atoms with Crippen molar-refractivity contribution in [3.63, 3.8) is 0 Å². The maximum atomic E-state index is 14.5. The molecular formula is C16H19FN4O4S. The lowest BCUT2D eigenvalue weighted by Gasteiger charge is -2.14. The van der Waals surface area contributed by atoms with Gasteiger partial charge in [-0.1, -0.05) is 0 Å². The molecule has 26 heavy (non-hydrogen) atoms. The molecule has 3 N–H and O–H groups in total. The highest BCUT2D eigenvalue weighted by molar-refractivity contribution is 7.78. The van der Waals surface area contributed by atoms with Crippen molar-refractivity contribution in [2.75, 3.05) is 5.84 Å². The third kappa shape index (κ3) is 3.14. The lowest BCUT2D eigenvalue weighted by atomic mass is 10.2. The fourth-order valence-corrected chi connectivity index (χ4v) is 3.72. The quantitative estimate of drug-likeness (QED) is 0.709. The summed E-state index contributed by atoms with van der Waals surface area (Å²) in [5, 5.41) is 0.0405.